The predicted octanol–water partition coefficient (Wildman–Crippen LogP) is 2.30. The van der Waals surface area contributed by atoms with E-state index in [1.807, 2.05) is 0 Å². The molecule has 23 heavy (non-hydrogen) atoms. The number of hydrogen-bond acceptors (Lipinski definition) is 5. The van der Waals surface area contributed by atoms with Gasteiger partial charge in [0.25, 0.3) is 5.69 Å². The first-order valence-electron chi connectivity index (χ1n) is 7.33. The van der Waals surface area contributed by atoms with Crippen molar-refractivity contribution in [2.75, 3.05) is 6.61 Å². The molecule has 2 unspecified atom stereocenters. The molecule has 2 aromatic rings. The fourth-order valence-electron chi connectivity index (χ4n) is 2.46. The second kappa shape index (κ2) is 6.91. The lowest BCUT2D eigenvalue weighted by Gasteiger charge is -2.27. The molecule has 2 rings (SSSR count). The second-order valence-electron chi connectivity index (χ2n) is 5.59. The van der Waals surface area contributed by atoms with Gasteiger partial charge < -0.3 is 20.1 Å². The van der Waals surface area contributed by atoms with E-state index in [-0.39, 0.29) is 5.69 Å². The highest BCUT2D eigenvalue weighted by Crippen LogP contribution is 2.26. The summed E-state index contributed by atoms with van der Waals surface area (Å²) < 4.78 is 6.99. The Morgan fingerprint density at radius 1 is 1.43 bits per heavy atom. The molecule has 1 aromatic heterocycles. The number of nitrogens with two attached hydrogens (primary N) is 1. The number of aliphatic hydroxyl groups excluding tert-OH is 1. The van der Waals surface area contributed by atoms with E-state index in [1.54, 1.807) is 48.9 Å². The monoisotopic (exact) mass is 319 g/mol. The lowest BCUT2D eigenvalue weighted by atomic mass is 9.92. The topological polar surface area (TPSA) is 104 Å². The summed E-state index contributed by atoms with van der Waals surface area (Å²) in [4.78, 5) is 10.5. The van der Waals surface area contributed by atoms with Crippen LogP contribution in [0.3, 0.4) is 0 Å². The van der Waals surface area contributed by atoms with Gasteiger partial charge in [-0.05, 0) is 31.5 Å². The van der Waals surface area contributed by atoms with Gasteiger partial charge in [0, 0.05) is 31.5 Å². The van der Waals surface area contributed by atoms with Gasteiger partial charge in [0.2, 0.25) is 0 Å². The van der Waals surface area contributed by atoms with Crippen molar-refractivity contribution < 1.29 is 14.8 Å². The van der Waals surface area contributed by atoms with E-state index < -0.39 is 16.8 Å². The zero-order valence-electron chi connectivity index (χ0n) is 13.2. The van der Waals surface area contributed by atoms with Crippen molar-refractivity contribution in [3.8, 4) is 0 Å². The molecule has 0 saturated heterocycles. The maximum atomic E-state index is 10.9. The quantitative estimate of drug-likeness (QED) is 0.463. The Hall–Kier alpha value is -2.22. The zero-order valence-corrected chi connectivity index (χ0v) is 13.2. The van der Waals surface area contributed by atoms with Gasteiger partial charge in [-0.3, -0.25) is 10.1 Å². The van der Waals surface area contributed by atoms with Crippen molar-refractivity contribution in [3.63, 3.8) is 0 Å². The molecule has 0 radical (unpaired) electrons. The highest BCUT2D eigenvalue weighted by molar-refractivity contribution is 5.37. The number of aliphatic hydroxyl groups is 1. The number of aromatic nitrogens is 1. The first-order valence-corrected chi connectivity index (χ1v) is 7.33. The van der Waals surface area contributed by atoms with E-state index in [0.29, 0.717) is 24.4 Å². The summed E-state index contributed by atoms with van der Waals surface area (Å²) in [7, 11) is 0. The molecule has 3 N–H and O–H groups in total. The number of nitro groups is 1. The van der Waals surface area contributed by atoms with Crippen LogP contribution >= 0.6 is 0 Å². The maximum absolute atomic E-state index is 10.9. The Bertz CT molecular complexity index is 681. The van der Waals surface area contributed by atoms with Gasteiger partial charge in [-0.25, -0.2) is 0 Å². The first kappa shape index (κ1) is 17.1. The molecule has 0 amide bonds. The van der Waals surface area contributed by atoms with Crippen LogP contribution < -0.4 is 5.73 Å². The molecular formula is C16H21N3O4. The average Bonchev–Trinajstić information content (AvgIpc) is 2.95. The number of non-ortho nitro benzene ring substituents is 1. The second-order valence-corrected chi connectivity index (χ2v) is 5.59. The Morgan fingerprint density at radius 3 is 2.83 bits per heavy atom. The normalized spacial score (nSPS) is 15.1. The van der Waals surface area contributed by atoms with Gasteiger partial charge in [-0.15, -0.1) is 0 Å². The molecule has 0 aliphatic rings. The summed E-state index contributed by atoms with van der Waals surface area (Å²) in [5.41, 5.74) is 6.78. The predicted molar refractivity (Wildman–Crippen MR) is 85.7 cm³/mol. The first-order chi connectivity index (χ1) is 10.8. The summed E-state index contributed by atoms with van der Waals surface area (Å²) in [5, 5.41) is 20.9. The average molecular weight is 319 g/mol. The Kier molecular flexibility index (Phi) is 5.15. The van der Waals surface area contributed by atoms with Crippen LogP contribution in [0.4, 0.5) is 5.69 Å². The summed E-state index contributed by atoms with van der Waals surface area (Å²) in [6, 6.07) is 9.83. The molecule has 0 spiro atoms. The van der Waals surface area contributed by atoms with Crippen LogP contribution in [0.1, 0.15) is 31.4 Å². The van der Waals surface area contributed by atoms with E-state index in [9.17, 15) is 15.2 Å². The lowest BCUT2D eigenvalue weighted by molar-refractivity contribution is -0.385. The van der Waals surface area contributed by atoms with E-state index in [4.69, 9.17) is 10.5 Å². The van der Waals surface area contributed by atoms with Crippen molar-refractivity contribution in [2.45, 2.75) is 32.2 Å². The van der Waals surface area contributed by atoms with Gasteiger partial charge >= 0.3 is 0 Å². The third-order valence-electron chi connectivity index (χ3n) is 3.66. The Labute approximate surface area is 134 Å². The van der Waals surface area contributed by atoms with Crippen LogP contribution in [0.15, 0.2) is 42.6 Å². The smallest absolute Gasteiger partial charge is 0.269 e. The molecule has 1 aromatic carbocycles. The molecule has 0 saturated carbocycles. The highest BCUT2D eigenvalue weighted by Gasteiger charge is 2.25. The Morgan fingerprint density at radius 2 is 2.17 bits per heavy atom. The van der Waals surface area contributed by atoms with E-state index in [0.717, 1.165) is 0 Å². The number of benzene rings is 1. The molecule has 0 bridgehead atoms. The number of rotatable bonds is 7. The van der Waals surface area contributed by atoms with Crippen LogP contribution in [0, 0.1) is 10.1 Å². The molecule has 0 fully saturated rings. The van der Waals surface area contributed by atoms with Crippen molar-refractivity contribution in [1.82, 2.24) is 4.57 Å². The van der Waals surface area contributed by atoms with E-state index >= 15 is 0 Å². The largest absolute Gasteiger partial charge is 0.363 e. The van der Waals surface area contributed by atoms with E-state index in [1.165, 1.54) is 12.1 Å². The summed E-state index contributed by atoms with van der Waals surface area (Å²) in [6.07, 6.45) is 0.760. The lowest BCUT2D eigenvalue weighted by Crippen LogP contribution is -2.38. The summed E-state index contributed by atoms with van der Waals surface area (Å²) in [6.45, 7) is 4.33. The number of nitrogens with zero attached hydrogens (tertiary/aromatic N) is 2. The third kappa shape index (κ3) is 3.95. The van der Waals surface area contributed by atoms with Crippen molar-refractivity contribution in [2.24, 2.45) is 5.73 Å². The fraction of sp³-hybridized carbons (Fsp3) is 0.375. The zero-order chi connectivity index (χ0) is 17.0. The van der Waals surface area contributed by atoms with Gasteiger partial charge in [-0.1, -0.05) is 12.1 Å². The molecule has 0 aliphatic carbocycles. The number of hydrogen-bond donors (Lipinski definition) is 2. The highest BCUT2D eigenvalue weighted by atomic mass is 16.6. The van der Waals surface area contributed by atoms with Crippen LogP contribution in [0.25, 0.3) is 0 Å². The van der Waals surface area contributed by atoms with Gasteiger partial charge in [0.15, 0.2) is 6.29 Å². The van der Waals surface area contributed by atoms with Gasteiger partial charge in [0.05, 0.1) is 16.2 Å². The number of nitro benzene ring substituents is 1. The molecular weight excluding hydrogens is 298 g/mol. The van der Waals surface area contributed by atoms with Crippen LogP contribution in [-0.2, 0) is 16.8 Å². The molecule has 0 aliphatic heterocycles. The van der Waals surface area contributed by atoms with Gasteiger partial charge in [0.1, 0.15) is 0 Å². The minimum absolute atomic E-state index is 0.00116. The molecule has 7 nitrogen and oxygen atoms in total. The summed E-state index contributed by atoms with van der Waals surface area (Å²) >= 11 is 0. The molecule has 124 valence electrons. The SMILES string of the molecule is CCOC(O)c1cccn1CC(C)(N)c1cccc([N+](=O)[O-])c1. The maximum Gasteiger partial charge on any atom is 0.269 e. The number of ether oxygens (including phenoxy) is 1. The van der Waals surface area contributed by atoms with Gasteiger partial charge in [-0.2, -0.15) is 0 Å². The van der Waals surface area contributed by atoms with E-state index in [2.05, 4.69) is 0 Å². The third-order valence-corrected chi connectivity index (χ3v) is 3.66. The standard InChI is InChI=1S/C16H21N3O4/c1-3-23-15(20)14-8-5-9-18(14)11-16(2,17)12-6-4-7-13(10-12)19(21)22/h4-10,15,20H,3,11,17H2,1-2H3. The minimum atomic E-state index is -1.03. The van der Waals surface area contributed by atoms with Crippen LogP contribution in [-0.4, -0.2) is 21.2 Å². The molecule has 1 heterocycles. The molecule has 7 heteroatoms. The molecule has 2 atom stereocenters. The van der Waals surface area contributed by atoms with Crippen molar-refractivity contribution >= 4 is 5.69 Å². The van der Waals surface area contributed by atoms with Crippen LogP contribution in [0.5, 0.6) is 0 Å². The van der Waals surface area contributed by atoms with Crippen LogP contribution in [0.2, 0.25) is 0 Å². The van der Waals surface area contributed by atoms with Crippen molar-refractivity contribution in [1.29, 1.82) is 0 Å². The summed E-state index contributed by atoms with van der Waals surface area (Å²) in [5.74, 6) is 0. The Balaban J connectivity index is 2.27. The minimum Gasteiger partial charge on any atom is -0.363 e. The van der Waals surface area contributed by atoms with Crippen molar-refractivity contribution in [3.05, 3.63) is 64.0 Å². The fourth-order valence-corrected chi connectivity index (χ4v) is 2.46.